The Hall–Kier alpha value is -1.93. The summed E-state index contributed by atoms with van der Waals surface area (Å²) in [5.41, 5.74) is 4.24. The Balaban J connectivity index is 2.06. The van der Waals surface area contributed by atoms with Crippen LogP contribution in [0.1, 0.15) is 0 Å². The minimum atomic E-state index is 0.989. The molecule has 0 aliphatic rings. The van der Waals surface area contributed by atoms with Crippen LogP contribution < -0.4 is 0 Å². The molecule has 2 aromatic carbocycles. The molecular weight excluding hydrogens is 298 g/mol. The van der Waals surface area contributed by atoms with Crippen molar-refractivity contribution in [2.24, 2.45) is 0 Å². The van der Waals surface area contributed by atoms with E-state index in [4.69, 9.17) is 4.98 Å². The Morgan fingerprint density at radius 2 is 1.26 bits per heavy atom. The fourth-order valence-electron chi connectivity index (χ4n) is 2.01. The maximum absolute atomic E-state index is 4.73. The molecule has 0 aliphatic carbocycles. The van der Waals surface area contributed by atoms with Gasteiger partial charge in [-0.3, -0.25) is 0 Å². The Kier molecular flexibility index (Phi) is 3.43. The van der Waals surface area contributed by atoms with E-state index in [2.05, 4.69) is 40.2 Å². The zero-order valence-corrected chi connectivity index (χ0v) is 11.8. The van der Waals surface area contributed by atoms with E-state index in [-0.39, 0.29) is 0 Å². The van der Waals surface area contributed by atoms with E-state index in [9.17, 15) is 0 Å². The van der Waals surface area contributed by atoms with E-state index in [0.29, 0.717) is 0 Å². The second-order valence-electron chi connectivity index (χ2n) is 4.28. The van der Waals surface area contributed by atoms with E-state index in [0.717, 1.165) is 27.0 Å². The van der Waals surface area contributed by atoms with E-state index < -0.39 is 0 Å². The average Bonchev–Trinajstić information content (AvgIpc) is 2.48. The molecule has 1 heterocycles. The first kappa shape index (κ1) is 12.1. The molecule has 0 spiro atoms. The maximum atomic E-state index is 4.73. The summed E-state index contributed by atoms with van der Waals surface area (Å²) in [6.45, 7) is 0. The van der Waals surface area contributed by atoms with Crippen molar-refractivity contribution in [3.8, 4) is 22.5 Å². The highest BCUT2D eigenvalue weighted by Crippen LogP contribution is 2.24. The van der Waals surface area contributed by atoms with Gasteiger partial charge in [0, 0.05) is 15.6 Å². The second-order valence-corrected chi connectivity index (χ2v) is 5.20. The summed E-state index contributed by atoms with van der Waals surface area (Å²) in [6, 6.07) is 24.5. The normalized spacial score (nSPS) is 10.4. The molecule has 19 heavy (non-hydrogen) atoms. The van der Waals surface area contributed by atoms with Gasteiger partial charge in [0.2, 0.25) is 0 Å². The fourth-order valence-corrected chi connectivity index (χ4v) is 2.41. The lowest BCUT2D eigenvalue weighted by Crippen LogP contribution is -1.87. The lowest BCUT2D eigenvalue weighted by Gasteiger charge is -2.05. The van der Waals surface area contributed by atoms with Crippen LogP contribution in [0, 0.1) is 0 Å². The van der Waals surface area contributed by atoms with Gasteiger partial charge in [-0.15, -0.1) is 0 Å². The highest BCUT2D eigenvalue weighted by molar-refractivity contribution is 9.10. The molecule has 2 heteroatoms. The molecule has 3 rings (SSSR count). The zero-order chi connectivity index (χ0) is 13.1. The highest BCUT2D eigenvalue weighted by Gasteiger charge is 2.03. The third-order valence-corrected chi connectivity index (χ3v) is 3.43. The van der Waals surface area contributed by atoms with Crippen LogP contribution in [-0.2, 0) is 0 Å². The Morgan fingerprint density at radius 3 is 2.00 bits per heavy atom. The zero-order valence-electron chi connectivity index (χ0n) is 10.3. The first-order valence-electron chi connectivity index (χ1n) is 6.11. The molecule has 0 saturated heterocycles. The molecule has 3 aromatic rings. The van der Waals surface area contributed by atoms with E-state index >= 15 is 0 Å². The molecule has 1 aromatic heterocycles. The predicted octanol–water partition coefficient (Wildman–Crippen LogP) is 5.18. The third kappa shape index (κ3) is 2.74. The van der Waals surface area contributed by atoms with Crippen LogP contribution in [0.25, 0.3) is 22.5 Å². The molecule has 0 fully saturated rings. The lowest BCUT2D eigenvalue weighted by molar-refractivity contribution is 1.32. The first-order chi connectivity index (χ1) is 9.33. The summed E-state index contributed by atoms with van der Waals surface area (Å²) < 4.78 is 1.07. The number of rotatable bonds is 2. The number of halogens is 1. The van der Waals surface area contributed by atoms with Crippen molar-refractivity contribution in [2.45, 2.75) is 0 Å². The molecular formula is C17H12BrN. The summed E-state index contributed by atoms with van der Waals surface area (Å²) in [5, 5.41) is 0. The molecule has 0 saturated carbocycles. The minimum Gasteiger partial charge on any atom is -0.248 e. The topological polar surface area (TPSA) is 12.9 Å². The van der Waals surface area contributed by atoms with Crippen LogP contribution in [-0.4, -0.2) is 4.98 Å². The predicted molar refractivity (Wildman–Crippen MR) is 82.8 cm³/mol. The Morgan fingerprint density at radius 1 is 0.632 bits per heavy atom. The van der Waals surface area contributed by atoms with Crippen LogP contribution in [0.3, 0.4) is 0 Å². The van der Waals surface area contributed by atoms with Crippen LogP contribution in [0.4, 0.5) is 0 Å². The smallest absolute Gasteiger partial charge is 0.0709 e. The highest BCUT2D eigenvalue weighted by atomic mass is 79.9. The van der Waals surface area contributed by atoms with Crippen molar-refractivity contribution < 1.29 is 0 Å². The van der Waals surface area contributed by atoms with Crippen LogP contribution in [0.5, 0.6) is 0 Å². The van der Waals surface area contributed by atoms with E-state index in [1.807, 2.05) is 48.5 Å². The number of aromatic nitrogens is 1. The summed E-state index contributed by atoms with van der Waals surface area (Å²) in [7, 11) is 0. The number of pyridine rings is 1. The Labute approximate surface area is 121 Å². The molecule has 0 aliphatic heterocycles. The van der Waals surface area contributed by atoms with Crippen molar-refractivity contribution in [1.29, 1.82) is 0 Å². The van der Waals surface area contributed by atoms with Gasteiger partial charge in [-0.05, 0) is 24.3 Å². The van der Waals surface area contributed by atoms with Gasteiger partial charge in [0.15, 0.2) is 0 Å². The van der Waals surface area contributed by atoms with Gasteiger partial charge in [0.1, 0.15) is 0 Å². The van der Waals surface area contributed by atoms with Gasteiger partial charge in [-0.1, -0.05) is 64.5 Å². The van der Waals surface area contributed by atoms with Crippen molar-refractivity contribution in [2.75, 3.05) is 0 Å². The number of hydrogen-bond acceptors (Lipinski definition) is 1. The number of benzene rings is 2. The van der Waals surface area contributed by atoms with Gasteiger partial charge in [0.05, 0.1) is 11.4 Å². The van der Waals surface area contributed by atoms with Gasteiger partial charge in [-0.2, -0.15) is 0 Å². The standard InChI is InChI=1S/C17H12BrN/c18-15-9-4-8-14(12-15)17-11-5-10-16(19-17)13-6-2-1-3-7-13/h1-12H. The number of hydrogen-bond donors (Lipinski definition) is 0. The SMILES string of the molecule is Brc1cccc(-c2cccc(-c3ccccc3)n2)c1. The number of nitrogens with zero attached hydrogens (tertiary/aromatic N) is 1. The maximum Gasteiger partial charge on any atom is 0.0709 e. The van der Waals surface area contributed by atoms with Gasteiger partial charge in [-0.25, -0.2) is 4.98 Å². The van der Waals surface area contributed by atoms with Crippen LogP contribution in [0.15, 0.2) is 77.3 Å². The molecule has 1 nitrogen and oxygen atoms in total. The minimum absolute atomic E-state index is 0.989. The fraction of sp³-hybridized carbons (Fsp3) is 0. The summed E-state index contributed by atoms with van der Waals surface area (Å²) in [4.78, 5) is 4.73. The average molecular weight is 310 g/mol. The quantitative estimate of drug-likeness (QED) is 0.635. The van der Waals surface area contributed by atoms with Crippen LogP contribution >= 0.6 is 15.9 Å². The molecule has 0 amide bonds. The summed E-state index contributed by atoms with van der Waals surface area (Å²) in [5.74, 6) is 0. The first-order valence-corrected chi connectivity index (χ1v) is 6.91. The summed E-state index contributed by atoms with van der Waals surface area (Å²) >= 11 is 3.50. The summed E-state index contributed by atoms with van der Waals surface area (Å²) in [6.07, 6.45) is 0. The largest absolute Gasteiger partial charge is 0.248 e. The third-order valence-electron chi connectivity index (χ3n) is 2.94. The van der Waals surface area contributed by atoms with Crippen molar-refractivity contribution in [3.63, 3.8) is 0 Å². The lowest BCUT2D eigenvalue weighted by atomic mass is 10.1. The molecule has 0 unspecified atom stereocenters. The molecule has 0 radical (unpaired) electrons. The van der Waals surface area contributed by atoms with Crippen molar-refractivity contribution in [3.05, 3.63) is 77.3 Å². The molecule has 0 bridgehead atoms. The van der Waals surface area contributed by atoms with E-state index in [1.54, 1.807) is 0 Å². The van der Waals surface area contributed by atoms with Crippen molar-refractivity contribution in [1.82, 2.24) is 4.98 Å². The Bertz CT molecular complexity index is 692. The van der Waals surface area contributed by atoms with Crippen LogP contribution in [0.2, 0.25) is 0 Å². The van der Waals surface area contributed by atoms with E-state index in [1.165, 1.54) is 0 Å². The molecule has 92 valence electrons. The van der Waals surface area contributed by atoms with Gasteiger partial charge in [0.25, 0.3) is 0 Å². The molecule has 0 N–H and O–H groups in total. The monoisotopic (exact) mass is 309 g/mol. The van der Waals surface area contributed by atoms with Crippen molar-refractivity contribution >= 4 is 15.9 Å². The second kappa shape index (κ2) is 5.37. The molecule has 0 atom stereocenters. The van der Waals surface area contributed by atoms with Gasteiger partial charge >= 0.3 is 0 Å². The van der Waals surface area contributed by atoms with Gasteiger partial charge < -0.3 is 0 Å².